The minimum atomic E-state index is 0.576. The van der Waals surface area contributed by atoms with E-state index in [4.69, 9.17) is 15.2 Å². The Balaban J connectivity index is 2.24. The lowest BCUT2D eigenvalue weighted by molar-refractivity contribution is 0.0453. The van der Waals surface area contributed by atoms with Gasteiger partial charge in [-0.3, -0.25) is 0 Å². The molecular formula is C12H19NO2. The van der Waals surface area contributed by atoms with Gasteiger partial charge in [-0.15, -0.1) is 0 Å². The SMILES string of the molecule is CCOCCOCc1cccc(CN)c1. The van der Waals surface area contributed by atoms with E-state index < -0.39 is 0 Å². The number of rotatable bonds is 7. The highest BCUT2D eigenvalue weighted by molar-refractivity contribution is 5.22. The molecule has 0 aliphatic heterocycles. The van der Waals surface area contributed by atoms with Crippen molar-refractivity contribution in [2.45, 2.75) is 20.1 Å². The molecule has 0 aliphatic rings. The van der Waals surface area contributed by atoms with Gasteiger partial charge < -0.3 is 15.2 Å². The van der Waals surface area contributed by atoms with E-state index >= 15 is 0 Å². The van der Waals surface area contributed by atoms with Crippen molar-refractivity contribution >= 4 is 0 Å². The topological polar surface area (TPSA) is 44.5 Å². The van der Waals surface area contributed by atoms with Gasteiger partial charge in [0.15, 0.2) is 0 Å². The zero-order valence-corrected chi connectivity index (χ0v) is 9.24. The van der Waals surface area contributed by atoms with Crippen molar-refractivity contribution < 1.29 is 9.47 Å². The second-order valence-corrected chi connectivity index (χ2v) is 3.27. The van der Waals surface area contributed by atoms with Crippen molar-refractivity contribution in [1.82, 2.24) is 0 Å². The van der Waals surface area contributed by atoms with E-state index in [-0.39, 0.29) is 0 Å². The van der Waals surface area contributed by atoms with Crippen molar-refractivity contribution in [1.29, 1.82) is 0 Å². The molecule has 84 valence electrons. The average molecular weight is 209 g/mol. The quantitative estimate of drug-likeness (QED) is 0.695. The summed E-state index contributed by atoms with van der Waals surface area (Å²) in [5, 5.41) is 0. The van der Waals surface area contributed by atoms with E-state index in [0.29, 0.717) is 26.4 Å². The molecule has 1 aromatic rings. The van der Waals surface area contributed by atoms with E-state index in [0.717, 1.165) is 17.7 Å². The third-order valence-electron chi connectivity index (χ3n) is 2.07. The molecule has 1 rings (SSSR count). The molecule has 15 heavy (non-hydrogen) atoms. The molecule has 0 aromatic heterocycles. The molecule has 3 nitrogen and oxygen atoms in total. The highest BCUT2D eigenvalue weighted by Crippen LogP contribution is 2.05. The zero-order valence-electron chi connectivity index (χ0n) is 9.24. The van der Waals surface area contributed by atoms with Crippen LogP contribution in [0.15, 0.2) is 24.3 Å². The molecule has 0 bridgehead atoms. The smallest absolute Gasteiger partial charge is 0.0718 e. The predicted molar refractivity (Wildman–Crippen MR) is 60.5 cm³/mol. The molecule has 1 aromatic carbocycles. The molecule has 2 N–H and O–H groups in total. The van der Waals surface area contributed by atoms with Gasteiger partial charge in [0, 0.05) is 13.2 Å². The summed E-state index contributed by atoms with van der Waals surface area (Å²) in [7, 11) is 0. The molecule has 0 fully saturated rings. The van der Waals surface area contributed by atoms with Gasteiger partial charge in [-0.05, 0) is 18.1 Å². The Hall–Kier alpha value is -0.900. The van der Waals surface area contributed by atoms with E-state index in [1.807, 2.05) is 25.1 Å². The summed E-state index contributed by atoms with van der Waals surface area (Å²) in [6, 6.07) is 8.13. The molecule has 0 radical (unpaired) electrons. The van der Waals surface area contributed by atoms with E-state index in [2.05, 4.69) is 6.07 Å². The van der Waals surface area contributed by atoms with Crippen LogP contribution in [0.25, 0.3) is 0 Å². The Bertz CT molecular complexity index is 276. The number of hydrogen-bond acceptors (Lipinski definition) is 3. The third kappa shape index (κ3) is 4.93. The van der Waals surface area contributed by atoms with Gasteiger partial charge in [0.25, 0.3) is 0 Å². The van der Waals surface area contributed by atoms with Crippen LogP contribution in [0.4, 0.5) is 0 Å². The van der Waals surface area contributed by atoms with Crippen LogP contribution in [-0.2, 0) is 22.6 Å². The van der Waals surface area contributed by atoms with Crippen molar-refractivity contribution in [3.8, 4) is 0 Å². The lowest BCUT2D eigenvalue weighted by Gasteiger charge is -2.05. The molecule has 0 heterocycles. The van der Waals surface area contributed by atoms with Gasteiger partial charge in [-0.1, -0.05) is 24.3 Å². The first-order valence-electron chi connectivity index (χ1n) is 5.30. The van der Waals surface area contributed by atoms with Gasteiger partial charge in [0.2, 0.25) is 0 Å². The monoisotopic (exact) mass is 209 g/mol. The highest BCUT2D eigenvalue weighted by Gasteiger charge is 1.95. The lowest BCUT2D eigenvalue weighted by Crippen LogP contribution is -2.04. The van der Waals surface area contributed by atoms with Crippen LogP contribution in [0.1, 0.15) is 18.1 Å². The highest BCUT2D eigenvalue weighted by atomic mass is 16.5. The summed E-state index contributed by atoms with van der Waals surface area (Å²) < 4.78 is 10.6. The van der Waals surface area contributed by atoms with Crippen LogP contribution >= 0.6 is 0 Å². The number of benzene rings is 1. The van der Waals surface area contributed by atoms with Gasteiger partial charge in [-0.2, -0.15) is 0 Å². The second-order valence-electron chi connectivity index (χ2n) is 3.27. The van der Waals surface area contributed by atoms with Crippen molar-refractivity contribution in [2.24, 2.45) is 5.73 Å². The Morgan fingerprint density at radius 3 is 2.60 bits per heavy atom. The van der Waals surface area contributed by atoms with Crippen LogP contribution < -0.4 is 5.73 Å². The fourth-order valence-electron chi connectivity index (χ4n) is 1.30. The number of ether oxygens (including phenoxy) is 2. The summed E-state index contributed by atoms with van der Waals surface area (Å²) >= 11 is 0. The van der Waals surface area contributed by atoms with Crippen molar-refractivity contribution in [2.75, 3.05) is 19.8 Å². The molecule has 0 saturated heterocycles. The van der Waals surface area contributed by atoms with Gasteiger partial charge in [-0.25, -0.2) is 0 Å². The van der Waals surface area contributed by atoms with Crippen LogP contribution in [0.5, 0.6) is 0 Å². The standard InChI is InChI=1S/C12H19NO2/c1-2-14-6-7-15-10-12-5-3-4-11(8-12)9-13/h3-5,8H,2,6-7,9-10,13H2,1H3. The Morgan fingerprint density at radius 1 is 1.13 bits per heavy atom. The van der Waals surface area contributed by atoms with Crippen molar-refractivity contribution in [3.05, 3.63) is 35.4 Å². The van der Waals surface area contributed by atoms with E-state index in [1.165, 1.54) is 0 Å². The Morgan fingerprint density at radius 2 is 1.87 bits per heavy atom. The summed E-state index contributed by atoms with van der Waals surface area (Å²) in [6.07, 6.45) is 0. The maximum Gasteiger partial charge on any atom is 0.0718 e. The molecule has 0 unspecified atom stereocenters. The zero-order chi connectivity index (χ0) is 10.9. The van der Waals surface area contributed by atoms with Gasteiger partial charge in [0.1, 0.15) is 0 Å². The molecule has 0 amide bonds. The van der Waals surface area contributed by atoms with Crippen molar-refractivity contribution in [3.63, 3.8) is 0 Å². The fourth-order valence-corrected chi connectivity index (χ4v) is 1.30. The first-order chi connectivity index (χ1) is 7.36. The largest absolute Gasteiger partial charge is 0.379 e. The first kappa shape index (κ1) is 12.2. The lowest BCUT2D eigenvalue weighted by atomic mass is 10.1. The minimum Gasteiger partial charge on any atom is -0.379 e. The van der Waals surface area contributed by atoms with Crippen LogP contribution in [0.2, 0.25) is 0 Å². The third-order valence-corrected chi connectivity index (χ3v) is 2.07. The summed E-state index contributed by atoms with van der Waals surface area (Å²) in [6.45, 7) is 5.22. The second kappa shape index (κ2) is 7.40. The molecular weight excluding hydrogens is 190 g/mol. The normalized spacial score (nSPS) is 10.5. The fraction of sp³-hybridized carbons (Fsp3) is 0.500. The minimum absolute atomic E-state index is 0.576. The first-order valence-corrected chi connectivity index (χ1v) is 5.30. The van der Waals surface area contributed by atoms with Gasteiger partial charge >= 0.3 is 0 Å². The Kier molecular flexibility index (Phi) is 6.00. The van der Waals surface area contributed by atoms with Crippen LogP contribution in [0, 0.1) is 0 Å². The predicted octanol–water partition coefficient (Wildman–Crippen LogP) is 1.70. The number of hydrogen-bond donors (Lipinski definition) is 1. The van der Waals surface area contributed by atoms with E-state index in [9.17, 15) is 0 Å². The van der Waals surface area contributed by atoms with Crippen LogP contribution in [-0.4, -0.2) is 19.8 Å². The maximum absolute atomic E-state index is 5.55. The molecule has 0 spiro atoms. The summed E-state index contributed by atoms with van der Waals surface area (Å²) in [5.74, 6) is 0. The number of nitrogens with two attached hydrogens (primary N) is 1. The van der Waals surface area contributed by atoms with Crippen LogP contribution in [0.3, 0.4) is 0 Å². The maximum atomic E-state index is 5.55. The Labute approximate surface area is 91.2 Å². The molecule has 3 heteroatoms. The summed E-state index contributed by atoms with van der Waals surface area (Å²) in [5.41, 5.74) is 7.85. The molecule has 0 saturated carbocycles. The molecule has 0 aliphatic carbocycles. The molecule has 0 atom stereocenters. The average Bonchev–Trinajstić information content (AvgIpc) is 2.29. The van der Waals surface area contributed by atoms with E-state index in [1.54, 1.807) is 0 Å². The van der Waals surface area contributed by atoms with Gasteiger partial charge in [0.05, 0.1) is 19.8 Å². The summed E-state index contributed by atoms with van der Waals surface area (Å²) in [4.78, 5) is 0.